The Bertz CT molecular complexity index is 502. The van der Waals surface area contributed by atoms with Crippen LogP contribution in [0.1, 0.15) is 0 Å². The maximum atomic E-state index is 5.80. The van der Waals surface area contributed by atoms with Crippen LogP contribution >= 0.6 is 27.7 Å². The fraction of sp³-hybridized carbons (Fsp3) is 0.0833. The lowest BCUT2D eigenvalue weighted by molar-refractivity contribution is -0.368. The maximum absolute atomic E-state index is 5.80. The highest BCUT2D eigenvalue weighted by atomic mass is 79.9. The normalized spacial score (nSPS) is 22.6. The van der Waals surface area contributed by atoms with Crippen molar-refractivity contribution in [3.63, 3.8) is 0 Å². The van der Waals surface area contributed by atoms with E-state index in [1.165, 1.54) is 9.80 Å². The zero-order valence-corrected chi connectivity index (χ0v) is 10.2. The van der Waals surface area contributed by atoms with E-state index in [1.807, 2.05) is 24.3 Å². The number of fused-ring (bicyclic) bond motifs is 2. The second-order valence-corrected chi connectivity index (χ2v) is 5.49. The van der Waals surface area contributed by atoms with E-state index in [0.717, 1.165) is 11.5 Å². The summed E-state index contributed by atoms with van der Waals surface area (Å²) in [7, 11) is 0. The van der Waals surface area contributed by atoms with E-state index < -0.39 is 0 Å². The van der Waals surface area contributed by atoms with E-state index in [-0.39, 0.29) is 0 Å². The highest BCUT2D eigenvalue weighted by Crippen LogP contribution is 2.40. The zero-order valence-electron chi connectivity index (χ0n) is 7.81. The van der Waals surface area contributed by atoms with Crippen molar-refractivity contribution in [2.45, 2.75) is 9.72 Å². The zero-order chi connectivity index (χ0) is 10.3. The molecule has 74 valence electrons. The van der Waals surface area contributed by atoms with Crippen LogP contribution in [-0.2, 0) is 4.42 Å². The first-order valence-corrected chi connectivity index (χ1v) is 6.42. The van der Waals surface area contributed by atoms with Gasteiger partial charge in [0.15, 0.2) is 0 Å². The standard InChI is InChI=1S/C12H8BrOS/c13-8-5-6-10-12(7-8)15-11-4-2-1-3-9(11)14-10/h1-8H/q+1. The molecule has 0 bridgehead atoms. The van der Waals surface area contributed by atoms with Gasteiger partial charge in [-0.3, -0.25) is 0 Å². The van der Waals surface area contributed by atoms with Crippen LogP contribution in [0.15, 0.2) is 52.3 Å². The molecule has 0 aromatic heterocycles. The van der Waals surface area contributed by atoms with Crippen molar-refractivity contribution < 1.29 is 4.42 Å². The molecule has 1 aliphatic heterocycles. The lowest BCUT2D eigenvalue weighted by Crippen LogP contribution is -2.09. The van der Waals surface area contributed by atoms with E-state index >= 15 is 0 Å². The third-order valence-electron chi connectivity index (χ3n) is 2.27. The number of carbonyl (C=O) groups excluding carboxylic acids is 1. The molecule has 1 aromatic carbocycles. The summed E-state index contributed by atoms with van der Waals surface area (Å²) in [4.78, 5) is 2.69. The Morgan fingerprint density at radius 1 is 1.27 bits per heavy atom. The molecule has 0 saturated heterocycles. The second-order valence-electron chi connectivity index (χ2n) is 3.35. The fourth-order valence-electron chi connectivity index (χ4n) is 1.57. The Hall–Kier alpha value is -0.800. The Morgan fingerprint density at radius 3 is 3.07 bits per heavy atom. The topological polar surface area (TPSA) is 11.3 Å². The van der Waals surface area contributed by atoms with Gasteiger partial charge in [-0.25, -0.2) is 4.42 Å². The molecule has 2 aliphatic rings. The minimum absolute atomic E-state index is 0.317. The molecule has 0 amide bonds. The average Bonchev–Trinajstić information content (AvgIpc) is 2.26. The van der Waals surface area contributed by atoms with E-state index in [2.05, 4.69) is 34.1 Å². The Morgan fingerprint density at radius 2 is 2.13 bits per heavy atom. The lowest BCUT2D eigenvalue weighted by Gasteiger charge is -2.10. The van der Waals surface area contributed by atoms with Gasteiger partial charge in [-0.15, -0.1) is 0 Å². The third-order valence-corrected chi connectivity index (χ3v) is 3.96. The number of ketones is 1. The van der Waals surface area contributed by atoms with Gasteiger partial charge in [0.25, 0.3) is 0 Å². The number of para-hydroxylation sites is 1. The summed E-state index contributed by atoms with van der Waals surface area (Å²) in [6.45, 7) is 0. The van der Waals surface area contributed by atoms with Crippen LogP contribution in [0.5, 0.6) is 5.75 Å². The molecule has 1 aromatic rings. The molecule has 1 heterocycles. The van der Waals surface area contributed by atoms with Crippen LogP contribution in [0.4, 0.5) is 0 Å². The fourth-order valence-corrected chi connectivity index (χ4v) is 3.18. The number of rotatable bonds is 0. The van der Waals surface area contributed by atoms with E-state index in [9.17, 15) is 0 Å². The average molecular weight is 280 g/mol. The van der Waals surface area contributed by atoms with Gasteiger partial charge in [0.05, 0.1) is 4.83 Å². The molecule has 1 atom stereocenters. The molecular weight excluding hydrogens is 272 g/mol. The Labute approximate surface area is 101 Å². The molecule has 3 heteroatoms. The summed E-state index contributed by atoms with van der Waals surface area (Å²) in [5, 5.41) is 0. The second kappa shape index (κ2) is 3.65. The van der Waals surface area contributed by atoms with Crippen molar-refractivity contribution in [2.24, 2.45) is 0 Å². The van der Waals surface area contributed by atoms with Crippen molar-refractivity contribution in [3.8, 4) is 5.75 Å². The first-order valence-electron chi connectivity index (χ1n) is 4.69. The van der Waals surface area contributed by atoms with Gasteiger partial charge in [-0.05, 0) is 12.1 Å². The van der Waals surface area contributed by atoms with Crippen LogP contribution in [0.3, 0.4) is 0 Å². The molecule has 1 nitrogen and oxygen atoms in total. The highest BCUT2D eigenvalue weighted by Gasteiger charge is 2.30. The Balaban J connectivity index is 2.13. The van der Waals surface area contributed by atoms with E-state index in [1.54, 1.807) is 11.8 Å². The summed E-state index contributed by atoms with van der Waals surface area (Å²) in [5.41, 5.74) is 0. The minimum Gasteiger partial charge on any atom is -0.206 e. The molecule has 0 radical (unpaired) electrons. The molecule has 0 spiro atoms. The van der Waals surface area contributed by atoms with Gasteiger partial charge in [0, 0.05) is 12.1 Å². The molecule has 3 rings (SSSR count). The van der Waals surface area contributed by atoms with Crippen LogP contribution in [-0.4, -0.2) is 10.6 Å². The summed E-state index contributed by atoms with van der Waals surface area (Å²) >= 11 is 5.31. The van der Waals surface area contributed by atoms with Crippen LogP contribution in [0.25, 0.3) is 0 Å². The van der Waals surface area contributed by atoms with Gasteiger partial charge in [-0.2, -0.15) is 0 Å². The van der Waals surface area contributed by atoms with Crippen molar-refractivity contribution in [1.29, 1.82) is 0 Å². The van der Waals surface area contributed by atoms with Crippen molar-refractivity contribution in [1.82, 2.24) is 0 Å². The summed E-state index contributed by atoms with van der Waals surface area (Å²) in [5.74, 6) is 1.90. The van der Waals surface area contributed by atoms with Crippen molar-refractivity contribution in [3.05, 3.63) is 47.4 Å². The van der Waals surface area contributed by atoms with Crippen molar-refractivity contribution in [2.75, 3.05) is 0 Å². The van der Waals surface area contributed by atoms with E-state index in [4.69, 9.17) is 4.42 Å². The number of hydrogen-bond acceptors (Lipinski definition) is 1. The van der Waals surface area contributed by atoms with Gasteiger partial charge in [0.1, 0.15) is 9.80 Å². The highest BCUT2D eigenvalue weighted by molar-refractivity contribution is 9.09. The predicted molar refractivity (Wildman–Crippen MR) is 66.7 cm³/mol. The van der Waals surface area contributed by atoms with Gasteiger partial charge < -0.3 is 0 Å². The summed E-state index contributed by atoms with van der Waals surface area (Å²) < 4.78 is 5.80. The largest absolute Gasteiger partial charge is 0.367 e. The smallest absolute Gasteiger partial charge is 0.206 e. The monoisotopic (exact) mass is 279 g/mol. The summed E-state index contributed by atoms with van der Waals surface area (Å²) in [6.07, 6.45) is 6.26. The van der Waals surface area contributed by atoms with Gasteiger partial charge >= 0.3 is 11.5 Å². The molecule has 1 aliphatic carbocycles. The lowest BCUT2D eigenvalue weighted by atomic mass is 10.2. The van der Waals surface area contributed by atoms with Crippen LogP contribution in [0.2, 0.25) is 0 Å². The van der Waals surface area contributed by atoms with Gasteiger partial charge in [-0.1, -0.05) is 45.9 Å². The van der Waals surface area contributed by atoms with Gasteiger partial charge in [0.2, 0.25) is 0 Å². The number of benzene rings is 1. The van der Waals surface area contributed by atoms with Crippen LogP contribution < -0.4 is 0 Å². The van der Waals surface area contributed by atoms with Crippen molar-refractivity contribution >= 4 is 33.5 Å². The molecule has 0 saturated carbocycles. The third kappa shape index (κ3) is 1.70. The number of hydrogen-bond donors (Lipinski definition) is 0. The predicted octanol–water partition coefficient (Wildman–Crippen LogP) is 3.83. The first-order chi connectivity index (χ1) is 7.33. The Kier molecular flexibility index (Phi) is 2.29. The molecule has 0 N–H and O–H groups in total. The SMILES string of the molecule is BrC1C=CC2=[O+]c3ccccc3SC2=C1. The summed E-state index contributed by atoms with van der Waals surface area (Å²) in [6, 6.07) is 8.11. The number of thioether (sulfide) groups is 1. The number of alkyl halides is 1. The van der Waals surface area contributed by atoms with Crippen LogP contribution in [0, 0.1) is 0 Å². The molecular formula is C12H8BrOS+. The molecule has 0 fully saturated rings. The molecule has 15 heavy (non-hydrogen) atoms. The number of halogens is 1. The van der Waals surface area contributed by atoms with E-state index in [0.29, 0.717) is 4.83 Å². The maximum Gasteiger partial charge on any atom is 0.367 e. The minimum atomic E-state index is 0.317. The first kappa shape index (κ1) is 9.43. The molecule has 1 unspecified atom stereocenters. The quantitative estimate of drug-likeness (QED) is 0.519. The number of allylic oxidation sites excluding steroid dienone is 4.